The number of hydrogen-bond donors (Lipinski definition) is 2. The Balaban J connectivity index is 1.38. The molecule has 37 heavy (non-hydrogen) atoms. The maximum absolute atomic E-state index is 14.9. The number of nitrogens with zero attached hydrogens (tertiary/aromatic N) is 3. The second-order valence-electron chi connectivity index (χ2n) is 9.40. The topological polar surface area (TPSA) is 137 Å². The third-order valence-electron chi connectivity index (χ3n) is 6.20. The number of rotatable bonds is 8. The highest BCUT2D eigenvalue weighted by Gasteiger charge is 2.47. The quantitative estimate of drug-likeness (QED) is 0.509. The van der Waals surface area contributed by atoms with Crippen LogP contribution in [0.2, 0.25) is 0 Å². The molecule has 0 unspecified atom stereocenters. The molecule has 1 aromatic heterocycles. The van der Waals surface area contributed by atoms with E-state index in [4.69, 9.17) is 15.2 Å². The molecule has 2 heterocycles. The maximum atomic E-state index is 14.9. The molecule has 12 heteroatoms. The Hall–Kier alpha value is -3.67. The molecule has 1 aromatic carbocycles. The zero-order valence-electron chi connectivity index (χ0n) is 20.6. The van der Waals surface area contributed by atoms with E-state index in [0.29, 0.717) is 22.6 Å². The van der Waals surface area contributed by atoms with Crippen LogP contribution in [0.1, 0.15) is 31.7 Å². The summed E-state index contributed by atoms with van der Waals surface area (Å²) in [5.41, 5.74) is 7.27. The summed E-state index contributed by atoms with van der Waals surface area (Å²) in [4.78, 5) is 45.0. The molecule has 0 radical (unpaired) electrons. The van der Waals surface area contributed by atoms with Gasteiger partial charge in [0.05, 0.1) is 12.2 Å². The van der Waals surface area contributed by atoms with E-state index >= 15 is 0 Å². The second-order valence-corrected chi connectivity index (χ2v) is 9.40. The highest BCUT2D eigenvalue weighted by Crippen LogP contribution is 2.34. The minimum Gasteiger partial charge on any atom is -0.484 e. The van der Waals surface area contributed by atoms with Gasteiger partial charge in [-0.3, -0.25) is 14.4 Å². The van der Waals surface area contributed by atoms with Gasteiger partial charge in [-0.25, -0.2) is 18.7 Å². The first kappa shape index (κ1) is 26.4. The van der Waals surface area contributed by atoms with Gasteiger partial charge in [-0.2, -0.15) is 0 Å². The van der Waals surface area contributed by atoms with Crippen LogP contribution in [0.25, 0.3) is 11.3 Å². The van der Waals surface area contributed by atoms with Crippen molar-refractivity contribution < 1.29 is 32.6 Å². The van der Waals surface area contributed by atoms with E-state index in [-0.39, 0.29) is 30.5 Å². The van der Waals surface area contributed by atoms with Crippen molar-refractivity contribution in [1.29, 1.82) is 0 Å². The largest absolute Gasteiger partial charge is 0.484 e. The number of alkyl halides is 2. The molecule has 4 rings (SSSR count). The average Bonchev–Trinajstić information content (AvgIpc) is 3.70. The van der Waals surface area contributed by atoms with Crippen molar-refractivity contribution in [1.82, 2.24) is 14.9 Å². The van der Waals surface area contributed by atoms with Gasteiger partial charge in [0, 0.05) is 30.5 Å². The highest BCUT2D eigenvalue weighted by molar-refractivity contribution is 5.93. The summed E-state index contributed by atoms with van der Waals surface area (Å²) in [5, 5.41) is 2.78. The van der Waals surface area contributed by atoms with Gasteiger partial charge >= 0.3 is 11.9 Å². The summed E-state index contributed by atoms with van der Waals surface area (Å²) in [6.07, 6.45) is 1.57. The number of nitrogens with one attached hydrogen (secondary N) is 1. The number of halogens is 2. The molecule has 198 valence electrons. The number of carbonyl (C=O) groups is 3. The molecule has 2 amide bonds. The lowest BCUT2D eigenvalue weighted by atomic mass is 10.0. The minimum absolute atomic E-state index is 0.0300. The lowest BCUT2D eigenvalue weighted by molar-refractivity contribution is -0.167. The molecule has 1 aliphatic carbocycles. The van der Waals surface area contributed by atoms with Crippen LogP contribution in [0.15, 0.2) is 30.6 Å². The number of nitrogens with two attached hydrogens (primary N) is 1. The maximum Gasteiger partial charge on any atom is 0.323 e. The number of amides is 2. The van der Waals surface area contributed by atoms with Crippen molar-refractivity contribution in [2.24, 2.45) is 11.7 Å². The van der Waals surface area contributed by atoms with Crippen LogP contribution in [0.4, 0.5) is 14.6 Å². The third kappa shape index (κ3) is 6.56. The number of aromatic nitrogens is 2. The number of ether oxygens (including phenoxy) is 2. The molecule has 1 aliphatic heterocycles. The van der Waals surface area contributed by atoms with Crippen LogP contribution in [0.3, 0.4) is 0 Å². The molecule has 2 atom stereocenters. The van der Waals surface area contributed by atoms with E-state index in [1.54, 1.807) is 31.2 Å². The summed E-state index contributed by atoms with van der Waals surface area (Å²) in [5.74, 6) is -4.15. The van der Waals surface area contributed by atoms with E-state index in [9.17, 15) is 23.2 Å². The molecule has 3 N–H and O–H groups in total. The summed E-state index contributed by atoms with van der Waals surface area (Å²) in [6.45, 7) is 1.68. The third-order valence-corrected chi connectivity index (χ3v) is 6.20. The van der Waals surface area contributed by atoms with E-state index in [1.165, 1.54) is 13.3 Å². The van der Waals surface area contributed by atoms with Crippen molar-refractivity contribution in [3.05, 3.63) is 36.2 Å². The zero-order chi connectivity index (χ0) is 26.7. The SMILES string of the molecule is Cc1cc(-c2cc(NC(=O)C3CC3)ncn2)ccc1O[C@H]1CCN(C(=O)COC(=O)[C@@H](C)N)CC1(F)F. The number of aryl methyl sites for hydroxylation is 1. The smallest absolute Gasteiger partial charge is 0.323 e. The Labute approximate surface area is 212 Å². The van der Waals surface area contributed by atoms with Crippen LogP contribution < -0.4 is 15.8 Å². The molecule has 2 fully saturated rings. The molecule has 0 bridgehead atoms. The van der Waals surface area contributed by atoms with Gasteiger partial charge in [0.25, 0.3) is 5.91 Å². The average molecular weight is 518 g/mol. The normalized spacial score (nSPS) is 19.6. The van der Waals surface area contributed by atoms with Gasteiger partial charge in [-0.15, -0.1) is 0 Å². The number of piperidine rings is 1. The minimum atomic E-state index is -3.31. The van der Waals surface area contributed by atoms with E-state index < -0.39 is 43.1 Å². The molecular weight excluding hydrogens is 488 g/mol. The van der Waals surface area contributed by atoms with Crippen molar-refractivity contribution in [2.45, 2.75) is 51.2 Å². The predicted molar refractivity (Wildman–Crippen MR) is 129 cm³/mol. The van der Waals surface area contributed by atoms with Gasteiger partial charge in [0.2, 0.25) is 5.91 Å². The molecule has 2 aliphatic rings. The fraction of sp³-hybridized carbons (Fsp3) is 0.480. The molecule has 0 spiro atoms. The first-order chi connectivity index (χ1) is 17.5. The number of carbonyl (C=O) groups excluding carboxylic acids is 3. The number of hydrogen-bond acceptors (Lipinski definition) is 8. The molecule has 1 saturated carbocycles. The van der Waals surface area contributed by atoms with Crippen molar-refractivity contribution in [2.75, 3.05) is 25.0 Å². The first-order valence-electron chi connectivity index (χ1n) is 12.0. The molecule has 2 aromatic rings. The monoisotopic (exact) mass is 517 g/mol. The number of likely N-dealkylation sites (tertiary alicyclic amines) is 1. The van der Waals surface area contributed by atoms with Crippen LogP contribution in [-0.2, 0) is 19.1 Å². The van der Waals surface area contributed by atoms with Crippen LogP contribution >= 0.6 is 0 Å². The van der Waals surface area contributed by atoms with Crippen molar-refractivity contribution >= 4 is 23.6 Å². The Morgan fingerprint density at radius 1 is 1.22 bits per heavy atom. The fourth-order valence-electron chi connectivity index (χ4n) is 3.88. The Morgan fingerprint density at radius 2 is 1.97 bits per heavy atom. The highest BCUT2D eigenvalue weighted by atomic mass is 19.3. The van der Waals surface area contributed by atoms with Crippen LogP contribution in [0.5, 0.6) is 5.75 Å². The standard InChI is InChI=1S/C25H29F2N5O5/c1-14-9-17(18-10-21(30-13-29-18)31-23(34)16-3-4-16)5-6-19(14)37-20-7-8-32(12-25(20,26)27)22(33)11-36-24(35)15(2)28/h5-6,9-10,13,15-16,20H,3-4,7-8,11-12,28H2,1-2H3,(H,29,30,31,34)/t15-,20+/m1/s1. The fourth-order valence-corrected chi connectivity index (χ4v) is 3.88. The molecule has 1 saturated heterocycles. The van der Waals surface area contributed by atoms with Gasteiger partial charge < -0.3 is 25.4 Å². The van der Waals surface area contributed by atoms with Gasteiger partial charge in [0.1, 0.15) is 23.9 Å². The Bertz CT molecular complexity index is 1190. The summed E-state index contributed by atoms with van der Waals surface area (Å²) < 4.78 is 40.2. The van der Waals surface area contributed by atoms with E-state index in [0.717, 1.165) is 17.7 Å². The lowest BCUT2D eigenvalue weighted by Gasteiger charge is -2.38. The molecule has 10 nitrogen and oxygen atoms in total. The number of anilines is 1. The lowest BCUT2D eigenvalue weighted by Crippen LogP contribution is -2.56. The van der Waals surface area contributed by atoms with Gasteiger partial charge in [-0.05, 0) is 50.5 Å². The van der Waals surface area contributed by atoms with Gasteiger partial charge in [0.15, 0.2) is 12.7 Å². The summed E-state index contributed by atoms with van der Waals surface area (Å²) >= 11 is 0. The second kappa shape index (κ2) is 10.8. The predicted octanol–water partition coefficient (Wildman–Crippen LogP) is 2.31. The van der Waals surface area contributed by atoms with Crippen molar-refractivity contribution in [3.63, 3.8) is 0 Å². The Kier molecular flexibility index (Phi) is 7.67. The summed E-state index contributed by atoms with van der Waals surface area (Å²) in [7, 11) is 0. The van der Waals surface area contributed by atoms with E-state index in [2.05, 4.69) is 15.3 Å². The zero-order valence-corrected chi connectivity index (χ0v) is 20.6. The van der Waals surface area contributed by atoms with Crippen molar-refractivity contribution in [3.8, 4) is 17.0 Å². The molecular formula is C25H29F2N5O5. The van der Waals surface area contributed by atoms with Gasteiger partial charge in [-0.1, -0.05) is 0 Å². The number of benzene rings is 1. The van der Waals surface area contributed by atoms with E-state index in [1.807, 2.05) is 0 Å². The number of esters is 1. The summed E-state index contributed by atoms with van der Waals surface area (Å²) in [6, 6.07) is 5.79. The Morgan fingerprint density at radius 3 is 2.62 bits per heavy atom. The van der Waals surface area contributed by atoms with Crippen LogP contribution in [-0.4, -0.2) is 70.4 Å². The van der Waals surface area contributed by atoms with Crippen LogP contribution in [0, 0.1) is 12.8 Å². The first-order valence-corrected chi connectivity index (χ1v) is 12.0.